The van der Waals surface area contributed by atoms with E-state index in [4.69, 9.17) is 10.3 Å². The van der Waals surface area contributed by atoms with Crippen molar-refractivity contribution < 1.29 is 9.32 Å². The Morgan fingerprint density at radius 3 is 2.81 bits per heavy atom. The van der Waals surface area contributed by atoms with Gasteiger partial charge in [0.2, 0.25) is 12.2 Å². The Labute approximate surface area is 122 Å². The molecule has 0 radical (unpaired) electrons. The van der Waals surface area contributed by atoms with E-state index in [2.05, 4.69) is 10.1 Å². The van der Waals surface area contributed by atoms with Crippen LogP contribution < -0.4 is 5.73 Å². The molecule has 1 aliphatic heterocycles. The molecule has 0 saturated carbocycles. The summed E-state index contributed by atoms with van der Waals surface area (Å²) < 4.78 is 4.72. The van der Waals surface area contributed by atoms with E-state index in [0.29, 0.717) is 17.9 Å². The highest BCUT2D eigenvalue weighted by molar-refractivity contribution is 5.95. The number of hydrogen-bond acceptors (Lipinski definition) is 5. The lowest BCUT2D eigenvalue weighted by molar-refractivity contribution is 0.0623. The fourth-order valence-electron chi connectivity index (χ4n) is 2.74. The molecule has 0 bridgehead atoms. The molecular formula is C15H18N4O2. The third kappa shape index (κ3) is 2.80. The second kappa shape index (κ2) is 6.05. The summed E-state index contributed by atoms with van der Waals surface area (Å²) in [4.78, 5) is 18.5. The number of nitrogens with two attached hydrogens (primary N) is 1. The predicted octanol–water partition coefficient (Wildman–Crippen LogP) is 1.69. The predicted molar refractivity (Wildman–Crippen MR) is 77.5 cm³/mol. The number of rotatable bonds is 3. The SMILES string of the molecule is NCC1CCCCN1C(=O)c1ccc(-c2ncon2)cc1. The fraction of sp³-hybridized carbons (Fsp3) is 0.400. The molecule has 6 nitrogen and oxygen atoms in total. The monoisotopic (exact) mass is 286 g/mol. The quantitative estimate of drug-likeness (QED) is 0.928. The van der Waals surface area contributed by atoms with E-state index in [1.807, 2.05) is 17.0 Å². The normalized spacial score (nSPS) is 18.7. The Morgan fingerprint density at radius 2 is 2.14 bits per heavy atom. The zero-order valence-electron chi connectivity index (χ0n) is 11.7. The van der Waals surface area contributed by atoms with Gasteiger partial charge in [0.1, 0.15) is 0 Å². The maximum Gasteiger partial charge on any atom is 0.254 e. The van der Waals surface area contributed by atoms with Gasteiger partial charge in [-0.3, -0.25) is 4.79 Å². The van der Waals surface area contributed by atoms with E-state index in [9.17, 15) is 4.79 Å². The molecule has 6 heteroatoms. The molecule has 1 unspecified atom stereocenters. The zero-order valence-corrected chi connectivity index (χ0v) is 11.7. The molecule has 2 N–H and O–H groups in total. The van der Waals surface area contributed by atoms with Crippen molar-refractivity contribution in [2.24, 2.45) is 5.73 Å². The molecule has 1 saturated heterocycles. The summed E-state index contributed by atoms with van der Waals surface area (Å²) in [5, 5.41) is 3.78. The van der Waals surface area contributed by atoms with Crippen molar-refractivity contribution in [3.8, 4) is 11.4 Å². The van der Waals surface area contributed by atoms with Crippen LogP contribution in [-0.2, 0) is 0 Å². The molecule has 1 amide bonds. The van der Waals surface area contributed by atoms with Crippen LogP contribution in [0.4, 0.5) is 0 Å². The largest absolute Gasteiger partial charge is 0.342 e. The van der Waals surface area contributed by atoms with Crippen LogP contribution in [0.2, 0.25) is 0 Å². The lowest BCUT2D eigenvalue weighted by Gasteiger charge is -2.35. The smallest absolute Gasteiger partial charge is 0.254 e. The van der Waals surface area contributed by atoms with Gasteiger partial charge >= 0.3 is 0 Å². The summed E-state index contributed by atoms with van der Waals surface area (Å²) in [6.45, 7) is 1.31. The van der Waals surface area contributed by atoms with Gasteiger partial charge in [-0.1, -0.05) is 17.3 Å². The second-order valence-electron chi connectivity index (χ2n) is 5.22. The zero-order chi connectivity index (χ0) is 14.7. The third-order valence-corrected chi connectivity index (χ3v) is 3.91. The Kier molecular flexibility index (Phi) is 3.96. The highest BCUT2D eigenvalue weighted by atomic mass is 16.5. The molecule has 1 aromatic carbocycles. The van der Waals surface area contributed by atoms with Gasteiger partial charge in [0.15, 0.2) is 0 Å². The van der Waals surface area contributed by atoms with Crippen molar-refractivity contribution >= 4 is 5.91 Å². The summed E-state index contributed by atoms with van der Waals surface area (Å²) in [5.74, 6) is 0.566. The fourth-order valence-corrected chi connectivity index (χ4v) is 2.74. The van der Waals surface area contributed by atoms with Crippen molar-refractivity contribution in [1.29, 1.82) is 0 Å². The maximum absolute atomic E-state index is 12.6. The first kappa shape index (κ1) is 13.8. The topological polar surface area (TPSA) is 85.2 Å². The van der Waals surface area contributed by atoms with Crippen LogP contribution in [0.5, 0.6) is 0 Å². The first-order valence-electron chi connectivity index (χ1n) is 7.17. The van der Waals surface area contributed by atoms with Crippen LogP contribution in [0.3, 0.4) is 0 Å². The van der Waals surface area contributed by atoms with Gasteiger partial charge in [-0.25, -0.2) is 0 Å². The van der Waals surface area contributed by atoms with Gasteiger partial charge in [-0.15, -0.1) is 0 Å². The van der Waals surface area contributed by atoms with Gasteiger partial charge in [-0.05, 0) is 31.4 Å². The molecule has 0 spiro atoms. The molecule has 2 aromatic rings. The Morgan fingerprint density at radius 1 is 1.33 bits per heavy atom. The minimum atomic E-state index is 0.0461. The first-order chi connectivity index (χ1) is 10.3. The third-order valence-electron chi connectivity index (χ3n) is 3.91. The molecule has 110 valence electrons. The van der Waals surface area contributed by atoms with E-state index in [1.165, 1.54) is 6.39 Å². The highest BCUT2D eigenvalue weighted by Gasteiger charge is 2.26. The number of aromatic nitrogens is 2. The molecule has 1 aliphatic rings. The van der Waals surface area contributed by atoms with Crippen molar-refractivity contribution in [2.45, 2.75) is 25.3 Å². The number of likely N-dealkylation sites (tertiary alicyclic amines) is 1. The lowest BCUT2D eigenvalue weighted by Crippen LogP contribution is -2.47. The summed E-state index contributed by atoms with van der Waals surface area (Å²) in [7, 11) is 0. The van der Waals surface area contributed by atoms with Gasteiger partial charge in [0.05, 0.1) is 0 Å². The summed E-state index contributed by atoms with van der Waals surface area (Å²) in [5.41, 5.74) is 7.27. The van der Waals surface area contributed by atoms with E-state index in [1.54, 1.807) is 12.1 Å². The van der Waals surface area contributed by atoms with Crippen molar-refractivity contribution in [3.63, 3.8) is 0 Å². The molecule has 3 rings (SSSR count). The number of carbonyl (C=O) groups excluding carboxylic acids is 1. The second-order valence-corrected chi connectivity index (χ2v) is 5.22. The van der Waals surface area contributed by atoms with Gasteiger partial charge in [0.25, 0.3) is 5.91 Å². The molecule has 1 atom stereocenters. The van der Waals surface area contributed by atoms with Crippen molar-refractivity contribution in [3.05, 3.63) is 36.2 Å². The van der Waals surface area contributed by atoms with Gasteiger partial charge < -0.3 is 15.2 Å². The van der Waals surface area contributed by atoms with Crippen LogP contribution in [0.15, 0.2) is 35.2 Å². The number of hydrogen-bond donors (Lipinski definition) is 1. The molecule has 1 aromatic heterocycles. The van der Waals surface area contributed by atoms with Crippen LogP contribution in [0, 0.1) is 0 Å². The average molecular weight is 286 g/mol. The Hall–Kier alpha value is -2.21. The minimum absolute atomic E-state index is 0.0461. The molecule has 2 heterocycles. The molecule has 1 fully saturated rings. The van der Waals surface area contributed by atoms with E-state index in [0.717, 1.165) is 31.4 Å². The van der Waals surface area contributed by atoms with Gasteiger partial charge in [-0.2, -0.15) is 4.98 Å². The standard InChI is InChI=1S/C15H18N4O2/c16-9-13-3-1-2-8-19(13)15(20)12-6-4-11(5-7-12)14-17-10-21-18-14/h4-7,10,13H,1-3,8-9,16H2. The first-order valence-corrected chi connectivity index (χ1v) is 7.17. The van der Waals surface area contributed by atoms with Crippen LogP contribution in [-0.4, -0.2) is 40.1 Å². The Balaban J connectivity index is 1.78. The van der Waals surface area contributed by atoms with Crippen LogP contribution in [0.1, 0.15) is 29.6 Å². The number of carbonyl (C=O) groups is 1. The summed E-state index contributed by atoms with van der Waals surface area (Å²) in [6, 6.07) is 7.42. The number of benzene rings is 1. The number of piperidine rings is 1. The van der Waals surface area contributed by atoms with Crippen LogP contribution >= 0.6 is 0 Å². The average Bonchev–Trinajstić information content (AvgIpc) is 3.09. The van der Waals surface area contributed by atoms with Crippen molar-refractivity contribution in [2.75, 3.05) is 13.1 Å². The van der Waals surface area contributed by atoms with E-state index in [-0.39, 0.29) is 11.9 Å². The maximum atomic E-state index is 12.6. The Bertz CT molecular complexity index is 595. The molecule has 21 heavy (non-hydrogen) atoms. The lowest BCUT2D eigenvalue weighted by atomic mass is 10.0. The summed E-state index contributed by atoms with van der Waals surface area (Å²) in [6.07, 6.45) is 4.46. The summed E-state index contributed by atoms with van der Waals surface area (Å²) >= 11 is 0. The molecule has 0 aliphatic carbocycles. The number of nitrogens with zero attached hydrogens (tertiary/aromatic N) is 3. The highest BCUT2D eigenvalue weighted by Crippen LogP contribution is 2.21. The number of amides is 1. The minimum Gasteiger partial charge on any atom is -0.342 e. The van der Waals surface area contributed by atoms with E-state index < -0.39 is 0 Å². The molecular weight excluding hydrogens is 268 g/mol. The van der Waals surface area contributed by atoms with Crippen molar-refractivity contribution in [1.82, 2.24) is 15.0 Å². The van der Waals surface area contributed by atoms with Gasteiger partial charge in [0, 0.05) is 30.3 Å². The van der Waals surface area contributed by atoms with E-state index >= 15 is 0 Å². The van der Waals surface area contributed by atoms with Crippen LogP contribution in [0.25, 0.3) is 11.4 Å².